The zero-order valence-electron chi connectivity index (χ0n) is 15.5. The van der Waals surface area contributed by atoms with E-state index in [-0.39, 0.29) is 16.6 Å². The summed E-state index contributed by atoms with van der Waals surface area (Å²) in [6.45, 7) is 2.40. The van der Waals surface area contributed by atoms with Crippen LogP contribution < -0.4 is 14.8 Å². The number of nitrogens with one attached hydrogen (secondary N) is 1. The molecule has 1 N–H and O–H groups in total. The summed E-state index contributed by atoms with van der Waals surface area (Å²) in [4.78, 5) is 27.2. The Morgan fingerprint density at radius 2 is 2.07 bits per heavy atom. The first kappa shape index (κ1) is 20.7. The summed E-state index contributed by atoms with van der Waals surface area (Å²) in [5.41, 5.74) is 0.953. The molecule has 1 aliphatic heterocycles. The van der Waals surface area contributed by atoms with Crippen LogP contribution in [0.1, 0.15) is 12.5 Å². The Morgan fingerprint density at radius 1 is 1.28 bits per heavy atom. The van der Waals surface area contributed by atoms with Gasteiger partial charge in [0.25, 0.3) is 11.6 Å². The maximum atomic E-state index is 12.3. The molecule has 1 heterocycles. The zero-order valence-corrected chi connectivity index (χ0v) is 17.0. The minimum atomic E-state index is -0.541. The Labute approximate surface area is 175 Å². The van der Waals surface area contributed by atoms with E-state index in [1.54, 1.807) is 25.3 Å². The maximum absolute atomic E-state index is 12.3. The van der Waals surface area contributed by atoms with Crippen LogP contribution in [0.15, 0.2) is 46.3 Å². The number of thioether (sulfide) groups is 1. The van der Waals surface area contributed by atoms with Crippen LogP contribution in [0.4, 0.5) is 11.4 Å². The zero-order chi connectivity index (χ0) is 21.0. The van der Waals surface area contributed by atoms with Gasteiger partial charge in [0.2, 0.25) is 0 Å². The van der Waals surface area contributed by atoms with Gasteiger partial charge in [0.15, 0.2) is 16.7 Å². The average molecular weight is 434 g/mol. The van der Waals surface area contributed by atoms with Crippen molar-refractivity contribution in [3.8, 4) is 11.5 Å². The molecule has 0 atom stereocenters. The van der Waals surface area contributed by atoms with E-state index in [4.69, 9.17) is 21.1 Å². The van der Waals surface area contributed by atoms with Gasteiger partial charge in [-0.05, 0) is 48.5 Å². The summed E-state index contributed by atoms with van der Waals surface area (Å²) in [5.74, 6) is 0.881. The number of non-ortho nitro benzene ring substituents is 1. The van der Waals surface area contributed by atoms with Crippen molar-refractivity contribution >= 4 is 51.9 Å². The van der Waals surface area contributed by atoms with Gasteiger partial charge < -0.3 is 14.8 Å². The number of nitrogens with zero attached hydrogens (tertiary/aromatic N) is 2. The molecule has 8 nitrogen and oxygen atoms in total. The number of aliphatic imine (C=N–C) groups is 1. The van der Waals surface area contributed by atoms with Gasteiger partial charge in [-0.1, -0.05) is 17.7 Å². The number of amidine groups is 1. The number of carbonyl (C=O) groups is 1. The predicted molar refractivity (Wildman–Crippen MR) is 113 cm³/mol. The molecule has 0 aliphatic carbocycles. The van der Waals surface area contributed by atoms with E-state index in [9.17, 15) is 14.9 Å². The van der Waals surface area contributed by atoms with Gasteiger partial charge in [-0.25, -0.2) is 4.99 Å². The van der Waals surface area contributed by atoms with Crippen LogP contribution in [-0.4, -0.2) is 29.7 Å². The molecule has 10 heteroatoms. The van der Waals surface area contributed by atoms with E-state index in [0.29, 0.717) is 33.9 Å². The van der Waals surface area contributed by atoms with Gasteiger partial charge in [-0.15, -0.1) is 0 Å². The molecule has 1 aliphatic rings. The predicted octanol–water partition coefficient (Wildman–Crippen LogP) is 4.55. The van der Waals surface area contributed by atoms with Crippen molar-refractivity contribution < 1.29 is 19.2 Å². The first-order valence-electron chi connectivity index (χ1n) is 8.45. The molecule has 1 amide bonds. The molecule has 1 saturated heterocycles. The highest BCUT2D eigenvalue weighted by Crippen LogP contribution is 2.34. The summed E-state index contributed by atoms with van der Waals surface area (Å²) < 4.78 is 10.8. The molecule has 150 valence electrons. The van der Waals surface area contributed by atoms with Crippen molar-refractivity contribution in [3.63, 3.8) is 0 Å². The molecular weight excluding hydrogens is 418 g/mol. The molecule has 0 saturated carbocycles. The Bertz CT molecular complexity index is 1040. The molecule has 2 aromatic rings. The minimum Gasteiger partial charge on any atom is -0.493 e. The highest BCUT2D eigenvalue weighted by Gasteiger charge is 2.24. The standard InChI is InChI=1S/C19H16ClN3O5S/c1-3-28-15-7-4-11(8-16(15)27-2)9-17-18(24)22-19(29-17)21-14-6-5-12(23(25)26)10-13(14)20/h4-10H,3H2,1-2H3,(H,21,22,24)/b17-9+. The number of benzene rings is 2. The van der Waals surface area contributed by atoms with Crippen LogP contribution in [-0.2, 0) is 4.79 Å². The van der Waals surface area contributed by atoms with E-state index < -0.39 is 4.92 Å². The minimum absolute atomic E-state index is 0.121. The lowest BCUT2D eigenvalue weighted by Crippen LogP contribution is -2.19. The van der Waals surface area contributed by atoms with E-state index in [0.717, 1.165) is 17.3 Å². The van der Waals surface area contributed by atoms with Crippen molar-refractivity contribution in [1.29, 1.82) is 0 Å². The Kier molecular flexibility index (Phi) is 6.40. The van der Waals surface area contributed by atoms with Crippen LogP contribution in [0, 0.1) is 10.1 Å². The summed E-state index contributed by atoms with van der Waals surface area (Å²) in [7, 11) is 1.55. The number of halogens is 1. The second-order valence-electron chi connectivity index (χ2n) is 5.72. The molecule has 0 aromatic heterocycles. The van der Waals surface area contributed by atoms with Crippen LogP contribution in [0.3, 0.4) is 0 Å². The molecule has 0 bridgehead atoms. The fourth-order valence-electron chi connectivity index (χ4n) is 2.49. The van der Waals surface area contributed by atoms with Crippen LogP contribution in [0.5, 0.6) is 11.5 Å². The molecule has 0 unspecified atom stereocenters. The third-order valence-electron chi connectivity index (χ3n) is 3.80. The van der Waals surface area contributed by atoms with Crippen molar-refractivity contribution in [2.24, 2.45) is 4.99 Å². The third-order valence-corrected chi connectivity index (χ3v) is 5.01. The number of methoxy groups -OCH3 is 1. The third kappa shape index (κ3) is 4.87. The van der Waals surface area contributed by atoms with Crippen molar-refractivity contribution in [1.82, 2.24) is 5.32 Å². The number of hydrogen-bond acceptors (Lipinski definition) is 7. The molecule has 3 rings (SSSR count). The van der Waals surface area contributed by atoms with Crippen LogP contribution in [0.25, 0.3) is 6.08 Å². The largest absolute Gasteiger partial charge is 0.493 e. The topological polar surface area (TPSA) is 103 Å². The summed E-state index contributed by atoms with van der Waals surface area (Å²) in [5, 5.41) is 13.9. The number of amides is 1. The smallest absolute Gasteiger partial charge is 0.271 e. The highest BCUT2D eigenvalue weighted by molar-refractivity contribution is 8.18. The van der Waals surface area contributed by atoms with E-state index in [1.807, 2.05) is 13.0 Å². The lowest BCUT2D eigenvalue weighted by molar-refractivity contribution is -0.384. The SMILES string of the molecule is CCOc1ccc(/C=C2/SC(=Nc3ccc([N+](=O)[O-])cc3Cl)NC2=O)cc1OC. The molecule has 0 radical (unpaired) electrons. The van der Waals surface area contributed by atoms with E-state index in [2.05, 4.69) is 10.3 Å². The Hall–Kier alpha value is -3.04. The first-order chi connectivity index (χ1) is 13.9. The number of hydrogen-bond donors (Lipinski definition) is 1. The Balaban J connectivity index is 1.83. The lowest BCUT2D eigenvalue weighted by atomic mass is 10.2. The number of carbonyl (C=O) groups excluding carboxylic acids is 1. The highest BCUT2D eigenvalue weighted by atomic mass is 35.5. The normalized spacial score (nSPS) is 16.2. The average Bonchev–Trinajstić information content (AvgIpc) is 3.03. The van der Waals surface area contributed by atoms with E-state index in [1.165, 1.54) is 18.2 Å². The molecular formula is C19H16ClN3O5S. The van der Waals surface area contributed by atoms with Crippen LogP contribution in [0.2, 0.25) is 5.02 Å². The number of nitro groups is 1. The number of rotatable bonds is 6. The molecule has 1 fully saturated rings. The Morgan fingerprint density at radius 3 is 2.72 bits per heavy atom. The van der Waals surface area contributed by atoms with Gasteiger partial charge in [0.1, 0.15) is 0 Å². The number of nitro benzene ring substituents is 1. The quantitative estimate of drug-likeness (QED) is 0.407. The monoisotopic (exact) mass is 433 g/mol. The van der Waals surface area contributed by atoms with Crippen molar-refractivity contribution in [2.75, 3.05) is 13.7 Å². The summed E-state index contributed by atoms with van der Waals surface area (Å²) in [6, 6.07) is 9.31. The second kappa shape index (κ2) is 8.97. The number of ether oxygens (including phenoxy) is 2. The summed E-state index contributed by atoms with van der Waals surface area (Å²) >= 11 is 7.20. The van der Waals surface area contributed by atoms with Gasteiger partial charge >= 0.3 is 0 Å². The summed E-state index contributed by atoms with van der Waals surface area (Å²) in [6.07, 6.45) is 1.71. The van der Waals surface area contributed by atoms with Crippen molar-refractivity contribution in [3.05, 3.63) is 62.0 Å². The first-order valence-corrected chi connectivity index (χ1v) is 9.65. The lowest BCUT2D eigenvalue weighted by Gasteiger charge is -2.09. The van der Waals surface area contributed by atoms with Crippen molar-refractivity contribution in [2.45, 2.75) is 6.92 Å². The molecule has 0 spiro atoms. The fourth-order valence-corrected chi connectivity index (χ4v) is 3.54. The van der Waals surface area contributed by atoms with Gasteiger partial charge in [0.05, 0.1) is 34.3 Å². The molecule has 2 aromatic carbocycles. The van der Waals surface area contributed by atoms with Crippen LogP contribution >= 0.6 is 23.4 Å². The molecule has 29 heavy (non-hydrogen) atoms. The maximum Gasteiger partial charge on any atom is 0.271 e. The fraction of sp³-hybridized carbons (Fsp3) is 0.158. The van der Waals surface area contributed by atoms with Gasteiger partial charge in [0, 0.05) is 12.1 Å². The van der Waals surface area contributed by atoms with Gasteiger partial charge in [-0.3, -0.25) is 14.9 Å². The van der Waals surface area contributed by atoms with Gasteiger partial charge in [-0.2, -0.15) is 0 Å². The van der Waals surface area contributed by atoms with E-state index >= 15 is 0 Å². The second-order valence-corrected chi connectivity index (χ2v) is 7.16.